The first-order chi connectivity index (χ1) is 9.99. The molecule has 0 bridgehead atoms. The van der Waals surface area contributed by atoms with Gasteiger partial charge in [0, 0.05) is 19.3 Å². The molecule has 0 aliphatic rings. The largest absolute Gasteiger partial charge is 0.395 e. The monoisotopic (exact) mass is 286 g/mol. The average Bonchev–Trinajstić information content (AvgIpc) is 2.74. The van der Waals surface area contributed by atoms with Crippen LogP contribution in [0.25, 0.3) is 0 Å². The Morgan fingerprint density at radius 1 is 1.38 bits per heavy atom. The maximum Gasteiger partial charge on any atom is 0.278 e. The van der Waals surface area contributed by atoms with Gasteiger partial charge in [-0.2, -0.15) is 5.10 Å². The van der Waals surface area contributed by atoms with E-state index in [2.05, 4.69) is 5.10 Å². The molecule has 0 saturated heterocycles. The number of nitrogens with zero attached hydrogens (tertiary/aromatic N) is 3. The molecule has 0 aliphatic heterocycles. The Kier molecular flexibility index (Phi) is 4.31. The third kappa shape index (κ3) is 2.77. The zero-order chi connectivity index (χ0) is 15.6. The smallest absolute Gasteiger partial charge is 0.278 e. The number of hydrogen-bond acceptors (Lipinski definition) is 3. The number of carbonyl (C=O) groups excluding carboxylic acids is 1. The third-order valence-electron chi connectivity index (χ3n) is 3.57. The number of anilines is 2. The number of rotatable bonds is 4. The van der Waals surface area contributed by atoms with Gasteiger partial charge in [-0.15, -0.1) is 0 Å². The molecule has 5 nitrogen and oxygen atoms in total. The molecule has 2 N–H and O–H groups in total. The summed E-state index contributed by atoms with van der Waals surface area (Å²) in [6.45, 7) is 6.52. The van der Waals surface area contributed by atoms with Crippen LogP contribution in [0.2, 0.25) is 0 Å². The van der Waals surface area contributed by atoms with Crippen LogP contribution in [0.15, 0.2) is 24.3 Å². The second kappa shape index (κ2) is 5.99. The standard InChI is InChI=1S/C16H22N4O/c1-5-13-14(17)15(19(4)18-13)16(21)20(6-2)12-9-7-8-11(3)10-12/h7-10H,5-6,17H2,1-4H3. The fourth-order valence-corrected chi connectivity index (χ4v) is 2.48. The maximum absolute atomic E-state index is 12.8. The molecule has 0 unspecified atom stereocenters. The lowest BCUT2D eigenvalue weighted by molar-refractivity contribution is 0.0980. The number of benzene rings is 1. The molecule has 21 heavy (non-hydrogen) atoms. The minimum Gasteiger partial charge on any atom is -0.395 e. The highest BCUT2D eigenvalue weighted by Crippen LogP contribution is 2.23. The quantitative estimate of drug-likeness (QED) is 0.939. The van der Waals surface area contributed by atoms with Crippen LogP contribution in [0.3, 0.4) is 0 Å². The van der Waals surface area contributed by atoms with Crippen molar-refractivity contribution in [3.63, 3.8) is 0 Å². The molecule has 2 aromatic rings. The van der Waals surface area contributed by atoms with E-state index in [-0.39, 0.29) is 5.91 Å². The van der Waals surface area contributed by atoms with Gasteiger partial charge in [0.1, 0.15) is 5.69 Å². The van der Waals surface area contributed by atoms with E-state index in [0.29, 0.717) is 24.3 Å². The summed E-state index contributed by atoms with van der Waals surface area (Å²) in [5.41, 5.74) is 9.78. The number of nitrogen functional groups attached to an aromatic ring is 1. The summed E-state index contributed by atoms with van der Waals surface area (Å²) in [5.74, 6) is -0.115. The Labute approximate surface area is 125 Å². The first-order valence-electron chi connectivity index (χ1n) is 7.19. The molecular weight excluding hydrogens is 264 g/mol. The van der Waals surface area contributed by atoms with Crippen LogP contribution in [0.1, 0.15) is 35.6 Å². The average molecular weight is 286 g/mol. The van der Waals surface area contributed by atoms with E-state index in [4.69, 9.17) is 5.73 Å². The van der Waals surface area contributed by atoms with Gasteiger partial charge < -0.3 is 10.6 Å². The van der Waals surface area contributed by atoms with Crippen LogP contribution >= 0.6 is 0 Å². The molecule has 0 radical (unpaired) electrons. The topological polar surface area (TPSA) is 64.2 Å². The lowest BCUT2D eigenvalue weighted by Crippen LogP contribution is -2.32. The van der Waals surface area contributed by atoms with Gasteiger partial charge in [-0.25, -0.2) is 0 Å². The van der Waals surface area contributed by atoms with E-state index in [1.807, 2.05) is 45.0 Å². The molecule has 112 valence electrons. The van der Waals surface area contributed by atoms with Crippen LogP contribution in [-0.2, 0) is 13.5 Å². The van der Waals surface area contributed by atoms with Crippen molar-refractivity contribution in [3.05, 3.63) is 41.2 Å². The second-order valence-corrected chi connectivity index (χ2v) is 5.07. The van der Waals surface area contributed by atoms with E-state index >= 15 is 0 Å². The zero-order valence-electron chi connectivity index (χ0n) is 13.1. The van der Waals surface area contributed by atoms with E-state index in [9.17, 15) is 4.79 Å². The van der Waals surface area contributed by atoms with E-state index in [1.165, 1.54) is 0 Å². The normalized spacial score (nSPS) is 10.7. The van der Waals surface area contributed by atoms with Gasteiger partial charge in [-0.3, -0.25) is 9.48 Å². The highest BCUT2D eigenvalue weighted by molar-refractivity contribution is 6.08. The first kappa shape index (κ1) is 15.1. The van der Waals surface area contributed by atoms with Crippen molar-refractivity contribution in [2.45, 2.75) is 27.2 Å². The Bertz CT molecular complexity index is 660. The van der Waals surface area contributed by atoms with Crippen molar-refractivity contribution in [3.8, 4) is 0 Å². The molecule has 5 heteroatoms. The van der Waals surface area contributed by atoms with Gasteiger partial charge in [0.15, 0.2) is 0 Å². The highest BCUT2D eigenvalue weighted by atomic mass is 16.2. The van der Waals surface area contributed by atoms with Gasteiger partial charge in [0.25, 0.3) is 5.91 Å². The van der Waals surface area contributed by atoms with E-state index in [0.717, 1.165) is 16.9 Å². The molecule has 0 saturated carbocycles. The predicted molar refractivity (Wildman–Crippen MR) is 85.5 cm³/mol. The second-order valence-electron chi connectivity index (χ2n) is 5.07. The van der Waals surface area contributed by atoms with Crippen molar-refractivity contribution in [1.29, 1.82) is 0 Å². The van der Waals surface area contributed by atoms with Crippen molar-refractivity contribution in [2.75, 3.05) is 17.2 Å². The summed E-state index contributed by atoms with van der Waals surface area (Å²) in [6, 6.07) is 7.89. The Hall–Kier alpha value is -2.30. The Morgan fingerprint density at radius 3 is 2.62 bits per heavy atom. The molecular formula is C16H22N4O. The molecule has 1 amide bonds. The summed E-state index contributed by atoms with van der Waals surface area (Å²) in [4.78, 5) is 14.6. The lowest BCUT2D eigenvalue weighted by Gasteiger charge is -2.21. The SMILES string of the molecule is CCc1nn(C)c(C(=O)N(CC)c2cccc(C)c2)c1N. The van der Waals surface area contributed by atoms with Gasteiger partial charge in [0.2, 0.25) is 0 Å². The number of hydrogen-bond donors (Lipinski definition) is 1. The Balaban J connectivity index is 2.44. The highest BCUT2D eigenvalue weighted by Gasteiger charge is 2.24. The predicted octanol–water partition coefficient (Wildman–Crippen LogP) is 2.54. The molecule has 1 aromatic heterocycles. The van der Waals surface area contributed by atoms with Crippen LogP contribution in [-0.4, -0.2) is 22.2 Å². The van der Waals surface area contributed by atoms with Crippen molar-refractivity contribution in [2.24, 2.45) is 7.05 Å². The number of carbonyl (C=O) groups is 1. The van der Waals surface area contributed by atoms with Crippen LogP contribution in [0, 0.1) is 6.92 Å². The van der Waals surface area contributed by atoms with Crippen LogP contribution in [0.4, 0.5) is 11.4 Å². The third-order valence-corrected chi connectivity index (χ3v) is 3.57. The molecule has 0 aliphatic carbocycles. The maximum atomic E-state index is 12.8. The first-order valence-corrected chi connectivity index (χ1v) is 7.19. The summed E-state index contributed by atoms with van der Waals surface area (Å²) in [5, 5.41) is 4.32. The molecule has 2 rings (SSSR count). The fourth-order valence-electron chi connectivity index (χ4n) is 2.48. The summed E-state index contributed by atoms with van der Waals surface area (Å²) < 4.78 is 1.58. The lowest BCUT2D eigenvalue weighted by atomic mass is 10.2. The molecule has 0 atom stereocenters. The fraction of sp³-hybridized carbons (Fsp3) is 0.375. The summed E-state index contributed by atoms with van der Waals surface area (Å²) in [7, 11) is 1.76. The molecule has 1 aromatic carbocycles. The number of aromatic nitrogens is 2. The zero-order valence-corrected chi connectivity index (χ0v) is 13.1. The molecule has 0 spiro atoms. The van der Waals surface area contributed by atoms with Crippen LogP contribution < -0.4 is 10.6 Å². The number of amides is 1. The van der Waals surface area contributed by atoms with Gasteiger partial charge >= 0.3 is 0 Å². The number of nitrogens with two attached hydrogens (primary N) is 1. The van der Waals surface area contributed by atoms with Gasteiger partial charge in [-0.1, -0.05) is 19.1 Å². The van der Waals surface area contributed by atoms with Gasteiger partial charge in [0.05, 0.1) is 11.4 Å². The van der Waals surface area contributed by atoms with E-state index in [1.54, 1.807) is 16.6 Å². The van der Waals surface area contributed by atoms with Crippen molar-refractivity contribution in [1.82, 2.24) is 9.78 Å². The minimum absolute atomic E-state index is 0.115. The van der Waals surface area contributed by atoms with Crippen molar-refractivity contribution < 1.29 is 4.79 Å². The molecule has 0 fully saturated rings. The number of aryl methyl sites for hydroxylation is 3. The van der Waals surface area contributed by atoms with Gasteiger partial charge in [-0.05, 0) is 38.0 Å². The summed E-state index contributed by atoms with van der Waals surface area (Å²) >= 11 is 0. The summed E-state index contributed by atoms with van der Waals surface area (Å²) in [6.07, 6.45) is 0.712. The van der Waals surface area contributed by atoms with Crippen molar-refractivity contribution >= 4 is 17.3 Å². The van der Waals surface area contributed by atoms with E-state index < -0.39 is 0 Å². The minimum atomic E-state index is -0.115. The van der Waals surface area contributed by atoms with Crippen LogP contribution in [0.5, 0.6) is 0 Å². The Morgan fingerprint density at radius 2 is 2.10 bits per heavy atom. The molecule has 1 heterocycles.